The Morgan fingerprint density at radius 3 is 2.25 bits per heavy atom. The average Bonchev–Trinajstić information content (AvgIpc) is 2.40. The van der Waals surface area contributed by atoms with E-state index in [1.54, 1.807) is 6.92 Å². The van der Waals surface area contributed by atoms with Gasteiger partial charge in [0.25, 0.3) is 0 Å². The molecule has 0 unspecified atom stereocenters. The third-order valence-electron chi connectivity index (χ3n) is 2.17. The second kappa shape index (κ2) is 3.66. The molecule has 1 aromatic rings. The van der Waals surface area contributed by atoms with Crippen molar-refractivity contribution < 1.29 is 4.79 Å². The first-order valence-electron chi connectivity index (χ1n) is 4.89. The van der Waals surface area contributed by atoms with E-state index in [-0.39, 0.29) is 5.69 Å². The first kappa shape index (κ1) is 12.3. The van der Waals surface area contributed by atoms with Crippen LogP contribution in [-0.4, -0.2) is 27.5 Å². The standard InChI is InChI=1S/C9H17N5O2/c1-6-11-14(9(2,3)4)8(16)13(6)12(5)7(10)15/h1-5H3,(H2,10,15). The normalized spacial score (nSPS) is 11.6. The predicted octanol–water partition coefficient (Wildman–Crippen LogP) is -0.245. The first-order chi connectivity index (χ1) is 7.16. The van der Waals surface area contributed by atoms with Gasteiger partial charge in [-0.1, -0.05) is 0 Å². The fourth-order valence-corrected chi connectivity index (χ4v) is 1.34. The maximum atomic E-state index is 12.0. The third-order valence-corrected chi connectivity index (χ3v) is 2.17. The number of hydrogen-bond acceptors (Lipinski definition) is 3. The predicted molar refractivity (Wildman–Crippen MR) is 59.9 cm³/mol. The van der Waals surface area contributed by atoms with E-state index in [0.29, 0.717) is 5.82 Å². The van der Waals surface area contributed by atoms with E-state index >= 15 is 0 Å². The van der Waals surface area contributed by atoms with Gasteiger partial charge in [-0.15, -0.1) is 0 Å². The summed E-state index contributed by atoms with van der Waals surface area (Å²) in [7, 11) is 1.42. The lowest BCUT2D eigenvalue weighted by molar-refractivity contribution is 0.249. The lowest BCUT2D eigenvalue weighted by atomic mass is 10.1. The highest BCUT2D eigenvalue weighted by Crippen LogP contribution is 2.09. The van der Waals surface area contributed by atoms with Gasteiger partial charge in [-0.3, -0.25) is 0 Å². The largest absolute Gasteiger partial charge is 0.365 e. The molecule has 0 bridgehead atoms. The molecule has 16 heavy (non-hydrogen) atoms. The molecule has 7 heteroatoms. The number of carbonyl (C=O) groups is 1. The lowest BCUT2D eigenvalue weighted by Crippen LogP contribution is -2.48. The number of aryl methyl sites for hydroxylation is 1. The van der Waals surface area contributed by atoms with Crippen LogP contribution in [0.2, 0.25) is 0 Å². The van der Waals surface area contributed by atoms with Crippen molar-refractivity contribution >= 4 is 6.03 Å². The van der Waals surface area contributed by atoms with Crippen LogP contribution in [0.5, 0.6) is 0 Å². The minimum Gasteiger partial charge on any atom is -0.350 e. The Kier molecular flexibility index (Phi) is 2.81. The number of amides is 2. The summed E-state index contributed by atoms with van der Waals surface area (Å²) in [6.45, 7) is 7.21. The second-order valence-electron chi connectivity index (χ2n) is 4.59. The van der Waals surface area contributed by atoms with Crippen molar-refractivity contribution in [2.24, 2.45) is 5.73 Å². The van der Waals surface area contributed by atoms with Gasteiger partial charge in [-0.2, -0.15) is 9.77 Å². The highest BCUT2D eigenvalue weighted by atomic mass is 16.2. The van der Waals surface area contributed by atoms with Crippen molar-refractivity contribution in [2.75, 3.05) is 12.1 Å². The summed E-state index contributed by atoms with van der Waals surface area (Å²) < 4.78 is 2.47. The molecule has 0 aliphatic rings. The maximum Gasteiger partial charge on any atom is 0.365 e. The summed E-state index contributed by atoms with van der Waals surface area (Å²) in [5.74, 6) is 0.418. The average molecular weight is 227 g/mol. The Morgan fingerprint density at radius 2 is 1.94 bits per heavy atom. The molecule has 1 heterocycles. The highest BCUT2D eigenvalue weighted by molar-refractivity contribution is 5.81. The first-order valence-corrected chi connectivity index (χ1v) is 4.89. The molecule has 0 aromatic carbocycles. The quantitative estimate of drug-likeness (QED) is 0.718. The van der Waals surface area contributed by atoms with Gasteiger partial charge in [0.1, 0.15) is 0 Å². The number of primary amides is 1. The minimum absolute atomic E-state index is 0.383. The summed E-state index contributed by atoms with van der Waals surface area (Å²) in [6.07, 6.45) is 0. The minimum atomic E-state index is -0.710. The van der Waals surface area contributed by atoms with Gasteiger partial charge in [-0.05, 0) is 27.7 Å². The molecular weight excluding hydrogens is 210 g/mol. The van der Waals surface area contributed by atoms with E-state index in [1.807, 2.05) is 20.8 Å². The molecule has 2 amide bonds. The highest BCUT2D eigenvalue weighted by Gasteiger charge is 2.23. The summed E-state index contributed by atoms with van der Waals surface area (Å²) in [5.41, 5.74) is 4.29. The zero-order chi connectivity index (χ0) is 12.7. The Morgan fingerprint density at radius 1 is 1.44 bits per heavy atom. The van der Waals surface area contributed by atoms with E-state index in [4.69, 9.17) is 5.73 Å². The molecule has 0 atom stereocenters. The van der Waals surface area contributed by atoms with Crippen molar-refractivity contribution in [2.45, 2.75) is 33.2 Å². The van der Waals surface area contributed by atoms with Crippen molar-refractivity contribution in [1.29, 1.82) is 0 Å². The van der Waals surface area contributed by atoms with Gasteiger partial charge in [0.05, 0.1) is 5.54 Å². The number of nitrogens with zero attached hydrogens (tertiary/aromatic N) is 4. The van der Waals surface area contributed by atoms with Crippen molar-refractivity contribution in [3.8, 4) is 0 Å². The molecule has 7 nitrogen and oxygen atoms in total. The Bertz CT molecular complexity index is 465. The zero-order valence-electron chi connectivity index (χ0n) is 10.2. The van der Waals surface area contributed by atoms with Crippen LogP contribution < -0.4 is 16.4 Å². The van der Waals surface area contributed by atoms with Crippen molar-refractivity contribution in [3.63, 3.8) is 0 Å². The molecule has 1 rings (SSSR count). The molecule has 0 radical (unpaired) electrons. The van der Waals surface area contributed by atoms with Crippen LogP contribution in [0, 0.1) is 6.92 Å². The van der Waals surface area contributed by atoms with Crippen LogP contribution in [0.4, 0.5) is 4.79 Å². The van der Waals surface area contributed by atoms with Gasteiger partial charge in [0.15, 0.2) is 5.82 Å². The van der Waals surface area contributed by atoms with Crippen LogP contribution in [0.3, 0.4) is 0 Å². The van der Waals surface area contributed by atoms with Gasteiger partial charge in [0, 0.05) is 7.05 Å². The number of rotatable bonds is 1. The molecule has 0 spiro atoms. The van der Waals surface area contributed by atoms with Gasteiger partial charge in [-0.25, -0.2) is 19.3 Å². The summed E-state index contributed by atoms with van der Waals surface area (Å²) in [6, 6.07) is -0.710. The molecule has 1 aromatic heterocycles. The fraction of sp³-hybridized carbons (Fsp3) is 0.667. The maximum absolute atomic E-state index is 12.0. The number of carbonyl (C=O) groups excluding carboxylic acids is 1. The van der Waals surface area contributed by atoms with Crippen LogP contribution in [-0.2, 0) is 5.54 Å². The fourth-order valence-electron chi connectivity index (χ4n) is 1.34. The lowest BCUT2D eigenvalue weighted by Gasteiger charge is -2.18. The SMILES string of the molecule is Cc1nn(C(C)(C)C)c(=O)n1N(C)C(N)=O. The van der Waals surface area contributed by atoms with E-state index in [1.165, 1.54) is 11.7 Å². The topological polar surface area (TPSA) is 86.2 Å². The van der Waals surface area contributed by atoms with Crippen LogP contribution in [0.25, 0.3) is 0 Å². The monoisotopic (exact) mass is 227 g/mol. The van der Waals surface area contributed by atoms with Gasteiger partial charge >= 0.3 is 11.7 Å². The molecule has 2 N–H and O–H groups in total. The van der Waals surface area contributed by atoms with E-state index < -0.39 is 11.6 Å². The summed E-state index contributed by atoms with van der Waals surface area (Å²) in [4.78, 5) is 23.0. The number of nitrogens with two attached hydrogens (primary N) is 1. The Hall–Kier alpha value is -1.79. The van der Waals surface area contributed by atoms with Crippen molar-refractivity contribution in [1.82, 2.24) is 14.5 Å². The second-order valence-corrected chi connectivity index (χ2v) is 4.59. The third kappa shape index (κ3) is 1.93. The van der Waals surface area contributed by atoms with E-state index in [0.717, 1.165) is 9.69 Å². The Balaban J connectivity index is 3.40. The summed E-state index contributed by atoms with van der Waals surface area (Å²) >= 11 is 0. The van der Waals surface area contributed by atoms with Gasteiger partial charge in [0.2, 0.25) is 0 Å². The number of aromatic nitrogens is 3. The number of hydrogen-bond donors (Lipinski definition) is 1. The number of urea groups is 1. The molecule has 0 saturated carbocycles. The smallest absolute Gasteiger partial charge is 0.350 e. The van der Waals surface area contributed by atoms with E-state index in [9.17, 15) is 9.59 Å². The van der Waals surface area contributed by atoms with Gasteiger partial charge < -0.3 is 5.73 Å². The zero-order valence-corrected chi connectivity index (χ0v) is 10.2. The Labute approximate surface area is 93.4 Å². The van der Waals surface area contributed by atoms with E-state index in [2.05, 4.69) is 5.10 Å². The van der Waals surface area contributed by atoms with Crippen LogP contribution in [0.15, 0.2) is 4.79 Å². The van der Waals surface area contributed by atoms with Crippen LogP contribution in [0.1, 0.15) is 26.6 Å². The molecule has 0 aliphatic carbocycles. The summed E-state index contributed by atoms with van der Waals surface area (Å²) in [5, 5.41) is 5.14. The molecule has 90 valence electrons. The molecule has 0 saturated heterocycles. The van der Waals surface area contributed by atoms with Crippen LogP contribution >= 0.6 is 0 Å². The molecule has 0 fully saturated rings. The van der Waals surface area contributed by atoms with Crippen molar-refractivity contribution in [3.05, 3.63) is 16.3 Å². The molecular formula is C9H17N5O2. The molecule has 0 aliphatic heterocycles.